The van der Waals surface area contributed by atoms with Crippen LogP contribution < -0.4 is 0 Å². The molecule has 0 fully saturated rings. The highest BCUT2D eigenvalue weighted by Crippen LogP contribution is 2.32. The lowest BCUT2D eigenvalue weighted by Crippen LogP contribution is -2.41. The SMILES string of the molecule is CN(CC(O)C(F)(F)F)C1CCCc2cccnc21. The minimum atomic E-state index is -4.57. The largest absolute Gasteiger partial charge is 0.415 e. The molecule has 2 unspecified atom stereocenters. The fourth-order valence-corrected chi connectivity index (χ4v) is 2.52. The van der Waals surface area contributed by atoms with E-state index in [4.69, 9.17) is 5.11 Å². The van der Waals surface area contributed by atoms with Gasteiger partial charge in [0.15, 0.2) is 6.10 Å². The van der Waals surface area contributed by atoms with Crippen LogP contribution in [0.25, 0.3) is 0 Å². The van der Waals surface area contributed by atoms with E-state index in [-0.39, 0.29) is 6.04 Å². The Morgan fingerprint density at radius 2 is 2.26 bits per heavy atom. The summed E-state index contributed by atoms with van der Waals surface area (Å²) in [5.41, 5.74) is 1.93. The topological polar surface area (TPSA) is 36.4 Å². The fourth-order valence-electron chi connectivity index (χ4n) is 2.52. The van der Waals surface area contributed by atoms with Crippen LogP contribution in [0, 0.1) is 0 Å². The predicted molar refractivity (Wildman–Crippen MR) is 64.6 cm³/mol. The van der Waals surface area contributed by atoms with Crippen molar-refractivity contribution in [3.8, 4) is 0 Å². The second-order valence-corrected chi connectivity index (χ2v) is 4.95. The molecule has 0 saturated heterocycles. The molecule has 106 valence electrons. The first-order valence-electron chi connectivity index (χ1n) is 6.28. The van der Waals surface area contributed by atoms with Crippen molar-refractivity contribution in [2.75, 3.05) is 13.6 Å². The molecule has 6 heteroatoms. The van der Waals surface area contributed by atoms with Gasteiger partial charge in [0.1, 0.15) is 0 Å². The third kappa shape index (κ3) is 3.25. The van der Waals surface area contributed by atoms with Crippen molar-refractivity contribution in [3.63, 3.8) is 0 Å². The van der Waals surface area contributed by atoms with E-state index in [2.05, 4.69) is 4.98 Å². The van der Waals surface area contributed by atoms with Gasteiger partial charge < -0.3 is 5.11 Å². The van der Waals surface area contributed by atoms with Gasteiger partial charge in [-0.15, -0.1) is 0 Å². The van der Waals surface area contributed by atoms with Crippen LogP contribution in [0.1, 0.15) is 30.1 Å². The van der Waals surface area contributed by atoms with Gasteiger partial charge in [-0.2, -0.15) is 13.2 Å². The maximum absolute atomic E-state index is 12.4. The van der Waals surface area contributed by atoms with Crippen molar-refractivity contribution in [2.45, 2.75) is 37.6 Å². The number of aliphatic hydroxyl groups is 1. The van der Waals surface area contributed by atoms with Crippen molar-refractivity contribution in [2.24, 2.45) is 0 Å². The second kappa shape index (κ2) is 5.46. The van der Waals surface area contributed by atoms with Crippen LogP contribution >= 0.6 is 0 Å². The van der Waals surface area contributed by atoms with Gasteiger partial charge in [0.25, 0.3) is 0 Å². The molecule has 0 saturated carbocycles. The molecule has 2 rings (SSSR count). The second-order valence-electron chi connectivity index (χ2n) is 4.95. The van der Waals surface area contributed by atoms with Crippen molar-refractivity contribution in [1.82, 2.24) is 9.88 Å². The van der Waals surface area contributed by atoms with E-state index in [1.54, 1.807) is 18.1 Å². The summed E-state index contributed by atoms with van der Waals surface area (Å²) in [6.45, 7) is -0.426. The summed E-state index contributed by atoms with van der Waals surface area (Å²) in [7, 11) is 1.60. The van der Waals surface area contributed by atoms with Gasteiger partial charge in [0, 0.05) is 12.7 Å². The lowest BCUT2D eigenvalue weighted by molar-refractivity contribution is -0.208. The van der Waals surface area contributed by atoms with E-state index in [0.717, 1.165) is 30.5 Å². The van der Waals surface area contributed by atoms with Crippen molar-refractivity contribution >= 4 is 0 Å². The number of likely N-dealkylation sites (N-methyl/N-ethyl adjacent to an activating group) is 1. The summed E-state index contributed by atoms with van der Waals surface area (Å²) in [6.07, 6.45) is -2.62. The van der Waals surface area contributed by atoms with Crippen LogP contribution in [0.3, 0.4) is 0 Å². The van der Waals surface area contributed by atoms with E-state index in [9.17, 15) is 13.2 Å². The number of pyridine rings is 1. The highest BCUT2D eigenvalue weighted by molar-refractivity contribution is 5.25. The molecule has 3 nitrogen and oxygen atoms in total. The molecule has 1 aromatic heterocycles. The number of alkyl halides is 3. The Morgan fingerprint density at radius 3 is 2.95 bits per heavy atom. The zero-order chi connectivity index (χ0) is 14.0. The van der Waals surface area contributed by atoms with Gasteiger partial charge in [-0.05, 0) is 37.9 Å². The van der Waals surface area contributed by atoms with Crippen LogP contribution in [0.4, 0.5) is 13.2 Å². The lowest BCUT2D eigenvalue weighted by atomic mass is 9.91. The molecule has 0 aliphatic heterocycles. The molecule has 0 radical (unpaired) electrons. The number of hydrogen-bond acceptors (Lipinski definition) is 3. The molecule has 19 heavy (non-hydrogen) atoms. The molecule has 1 aliphatic rings. The normalized spacial score (nSPS) is 21.3. The minimum absolute atomic E-state index is 0.151. The fraction of sp³-hybridized carbons (Fsp3) is 0.615. The first kappa shape index (κ1) is 14.3. The lowest BCUT2D eigenvalue weighted by Gasteiger charge is -2.33. The molecule has 0 spiro atoms. The molecule has 0 bridgehead atoms. The summed E-state index contributed by atoms with van der Waals surface area (Å²) >= 11 is 0. The van der Waals surface area contributed by atoms with Crippen LogP contribution in [0.2, 0.25) is 0 Å². The minimum Gasteiger partial charge on any atom is -0.382 e. The third-order valence-corrected chi connectivity index (χ3v) is 3.54. The Balaban J connectivity index is 2.11. The molecular weight excluding hydrogens is 257 g/mol. The molecule has 1 heterocycles. The van der Waals surface area contributed by atoms with Crippen LogP contribution in [0.5, 0.6) is 0 Å². The standard InChI is InChI=1S/C13H17F3N2O/c1-18(8-11(19)13(14,15)16)10-6-2-4-9-5-3-7-17-12(9)10/h3,5,7,10-11,19H,2,4,6,8H2,1H3. The predicted octanol–water partition coefficient (Wildman–Crippen LogP) is 2.31. The Morgan fingerprint density at radius 1 is 1.53 bits per heavy atom. The van der Waals surface area contributed by atoms with E-state index >= 15 is 0 Å². The molecule has 2 atom stereocenters. The third-order valence-electron chi connectivity index (χ3n) is 3.54. The summed E-state index contributed by atoms with van der Waals surface area (Å²) in [6, 6.07) is 3.65. The molecular formula is C13H17F3N2O. The highest BCUT2D eigenvalue weighted by atomic mass is 19.4. The monoisotopic (exact) mass is 274 g/mol. The number of rotatable bonds is 3. The van der Waals surface area contributed by atoms with Gasteiger partial charge in [-0.1, -0.05) is 6.07 Å². The summed E-state index contributed by atoms with van der Waals surface area (Å²) in [5.74, 6) is 0. The van der Waals surface area contributed by atoms with Gasteiger partial charge in [-0.25, -0.2) is 0 Å². The Labute approximate surface area is 110 Å². The smallest absolute Gasteiger partial charge is 0.382 e. The Kier molecular flexibility index (Phi) is 4.10. The number of aliphatic hydroxyl groups excluding tert-OH is 1. The number of fused-ring (bicyclic) bond motifs is 1. The summed E-state index contributed by atoms with van der Waals surface area (Å²) in [4.78, 5) is 5.83. The first-order chi connectivity index (χ1) is 8.89. The van der Waals surface area contributed by atoms with E-state index in [1.165, 1.54) is 0 Å². The number of aryl methyl sites for hydroxylation is 1. The van der Waals surface area contributed by atoms with E-state index in [0.29, 0.717) is 0 Å². The van der Waals surface area contributed by atoms with Crippen molar-refractivity contribution < 1.29 is 18.3 Å². The summed E-state index contributed by atoms with van der Waals surface area (Å²) < 4.78 is 37.1. The molecule has 1 aliphatic carbocycles. The molecule has 1 aromatic rings. The van der Waals surface area contributed by atoms with E-state index < -0.39 is 18.8 Å². The highest BCUT2D eigenvalue weighted by Gasteiger charge is 2.40. The van der Waals surface area contributed by atoms with Crippen molar-refractivity contribution in [3.05, 3.63) is 29.6 Å². The number of nitrogens with zero attached hydrogens (tertiary/aromatic N) is 2. The maximum atomic E-state index is 12.4. The van der Waals surface area contributed by atoms with Gasteiger partial charge >= 0.3 is 6.18 Å². The quantitative estimate of drug-likeness (QED) is 0.919. The maximum Gasteiger partial charge on any atom is 0.415 e. The Bertz CT molecular complexity index is 436. The van der Waals surface area contributed by atoms with Gasteiger partial charge in [0.2, 0.25) is 0 Å². The van der Waals surface area contributed by atoms with Crippen LogP contribution in [-0.2, 0) is 6.42 Å². The van der Waals surface area contributed by atoms with Gasteiger partial charge in [-0.3, -0.25) is 9.88 Å². The van der Waals surface area contributed by atoms with Gasteiger partial charge in [0.05, 0.1) is 11.7 Å². The number of hydrogen-bond donors (Lipinski definition) is 1. The first-order valence-corrected chi connectivity index (χ1v) is 6.28. The number of halogens is 3. The van der Waals surface area contributed by atoms with Crippen molar-refractivity contribution in [1.29, 1.82) is 0 Å². The molecule has 1 N–H and O–H groups in total. The summed E-state index contributed by atoms with van der Waals surface area (Å²) in [5, 5.41) is 9.15. The van der Waals surface area contributed by atoms with E-state index in [1.807, 2.05) is 12.1 Å². The Hall–Kier alpha value is -1.14. The number of aromatic nitrogens is 1. The average Bonchev–Trinajstić information content (AvgIpc) is 2.36. The molecule has 0 amide bonds. The molecule has 0 aromatic carbocycles. The van der Waals surface area contributed by atoms with Crippen LogP contribution in [-0.4, -0.2) is 40.9 Å². The average molecular weight is 274 g/mol. The van der Waals surface area contributed by atoms with Crippen LogP contribution in [0.15, 0.2) is 18.3 Å². The zero-order valence-corrected chi connectivity index (χ0v) is 10.7. The zero-order valence-electron chi connectivity index (χ0n) is 10.7.